The molecule has 11 heavy (non-hydrogen) atoms. The van der Waals surface area contributed by atoms with Crippen molar-refractivity contribution >= 4 is 16.1 Å². The standard InChI is InChI=1S/C8H19NSi2/c1-9-8(10(2,3)4)11(5,6)7/h8H,2-7H3. The SMILES string of the molecule is [C-]#[N+]C([Si](C)(C)C)[Si](C)(C)C. The Balaban J connectivity index is 4.60. The first-order valence-corrected chi connectivity index (χ1v) is 11.2. The molecule has 0 aliphatic rings. The molecule has 0 aromatic carbocycles. The van der Waals surface area contributed by atoms with Crippen LogP contribution in [0.5, 0.6) is 0 Å². The minimum atomic E-state index is -1.21. The highest BCUT2D eigenvalue weighted by Gasteiger charge is 2.43. The quantitative estimate of drug-likeness (QED) is 0.460. The number of rotatable bonds is 2. The van der Waals surface area contributed by atoms with E-state index in [9.17, 15) is 0 Å². The van der Waals surface area contributed by atoms with Crippen molar-refractivity contribution in [3.05, 3.63) is 11.4 Å². The zero-order valence-electron chi connectivity index (χ0n) is 8.52. The molecule has 0 spiro atoms. The monoisotopic (exact) mass is 185 g/mol. The maximum Gasteiger partial charge on any atom is 0.183 e. The van der Waals surface area contributed by atoms with Crippen LogP contribution in [-0.2, 0) is 0 Å². The summed E-state index contributed by atoms with van der Waals surface area (Å²) in [6.45, 7) is 21.0. The maximum absolute atomic E-state index is 7.17. The molecule has 0 aromatic rings. The van der Waals surface area contributed by atoms with Gasteiger partial charge in [-0.3, -0.25) is 0 Å². The van der Waals surface area contributed by atoms with Crippen LogP contribution in [0, 0.1) is 6.57 Å². The van der Waals surface area contributed by atoms with E-state index in [2.05, 4.69) is 44.1 Å². The van der Waals surface area contributed by atoms with Gasteiger partial charge in [-0.2, -0.15) is 0 Å². The highest BCUT2D eigenvalue weighted by atomic mass is 28.4. The first-order chi connectivity index (χ1) is 4.69. The molecule has 0 N–H and O–H groups in total. The summed E-state index contributed by atoms with van der Waals surface area (Å²) in [5, 5.41) is 0.384. The average Bonchev–Trinajstić information content (AvgIpc) is 1.56. The average molecular weight is 185 g/mol. The largest absolute Gasteiger partial charge is 0.324 e. The van der Waals surface area contributed by atoms with Gasteiger partial charge in [0.25, 0.3) is 0 Å². The fourth-order valence-electron chi connectivity index (χ4n) is 1.69. The van der Waals surface area contributed by atoms with Crippen molar-refractivity contribution in [3.63, 3.8) is 0 Å². The Labute approximate surface area is 72.7 Å². The molecule has 0 saturated carbocycles. The van der Waals surface area contributed by atoms with Crippen LogP contribution in [0.25, 0.3) is 4.85 Å². The van der Waals surface area contributed by atoms with E-state index in [4.69, 9.17) is 6.57 Å². The molecule has 64 valence electrons. The summed E-state index contributed by atoms with van der Waals surface area (Å²) in [7, 11) is -2.43. The van der Waals surface area contributed by atoms with E-state index in [1.165, 1.54) is 0 Å². The molecule has 0 fully saturated rings. The van der Waals surface area contributed by atoms with Crippen molar-refractivity contribution in [2.75, 3.05) is 0 Å². The van der Waals surface area contributed by atoms with E-state index < -0.39 is 16.1 Å². The second kappa shape index (κ2) is 3.12. The van der Waals surface area contributed by atoms with Gasteiger partial charge in [-0.25, -0.2) is 6.57 Å². The summed E-state index contributed by atoms with van der Waals surface area (Å²) >= 11 is 0. The Morgan fingerprint density at radius 3 is 1.18 bits per heavy atom. The van der Waals surface area contributed by atoms with E-state index in [0.717, 1.165) is 0 Å². The van der Waals surface area contributed by atoms with Crippen molar-refractivity contribution in [1.29, 1.82) is 0 Å². The van der Waals surface area contributed by atoms with Gasteiger partial charge in [-0.1, -0.05) is 39.3 Å². The lowest BCUT2D eigenvalue weighted by Gasteiger charge is -2.27. The summed E-state index contributed by atoms with van der Waals surface area (Å²) in [6.07, 6.45) is 0. The van der Waals surface area contributed by atoms with Crippen molar-refractivity contribution in [2.45, 2.75) is 44.6 Å². The number of hydrogen-bond donors (Lipinski definition) is 0. The molecule has 0 bridgehead atoms. The predicted molar refractivity (Wildman–Crippen MR) is 57.1 cm³/mol. The summed E-state index contributed by atoms with van der Waals surface area (Å²) < 4.78 is 0. The van der Waals surface area contributed by atoms with Crippen LogP contribution >= 0.6 is 0 Å². The molecule has 3 heteroatoms. The molecule has 0 atom stereocenters. The molecule has 0 aliphatic carbocycles. The van der Waals surface area contributed by atoms with Crippen LogP contribution in [0.4, 0.5) is 0 Å². The van der Waals surface area contributed by atoms with E-state index in [1.54, 1.807) is 0 Å². The van der Waals surface area contributed by atoms with E-state index in [-0.39, 0.29) is 0 Å². The van der Waals surface area contributed by atoms with E-state index in [0.29, 0.717) is 5.29 Å². The van der Waals surface area contributed by atoms with Gasteiger partial charge < -0.3 is 4.85 Å². The molecule has 0 aliphatic heterocycles. The van der Waals surface area contributed by atoms with Crippen LogP contribution in [0.1, 0.15) is 0 Å². The number of hydrogen-bond acceptors (Lipinski definition) is 0. The first-order valence-electron chi connectivity index (χ1n) is 4.06. The third-order valence-corrected chi connectivity index (χ3v) is 10.5. The molecule has 0 saturated heterocycles. The molecule has 0 radical (unpaired) electrons. The highest BCUT2D eigenvalue weighted by Crippen LogP contribution is 2.21. The first kappa shape index (κ1) is 10.9. The van der Waals surface area contributed by atoms with Crippen LogP contribution in [0.15, 0.2) is 0 Å². The van der Waals surface area contributed by atoms with Crippen molar-refractivity contribution in [1.82, 2.24) is 0 Å². The van der Waals surface area contributed by atoms with E-state index in [1.807, 2.05) is 0 Å². The Hall–Kier alpha value is -0.0762. The van der Waals surface area contributed by atoms with E-state index >= 15 is 0 Å². The maximum atomic E-state index is 7.17. The van der Waals surface area contributed by atoms with Gasteiger partial charge in [0, 0.05) is 0 Å². The van der Waals surface area contributed by atoms with Gasteiger partial charge in [0.05, 0.1) is 0 Å². The summed E-state index contributed by atoms with van der Waals surface area (Å²) in [5.74, 6) is 0. The predicted octanol–water partition coefficient (Wildman–Crippen LogP) is 3.03. The summed E-state index contributed by atoms with van der Waals surface area (Å²) in [5.41, 5.74) is 0. The van der Waals surface area contributed by atoms with Gasteiger partial charge in [0.15, 0.2) is 5.29 Å². The molecule has 0 unspecified atom stereocenters. The topological polar surface area (TPSA) is 4.36 Å². The molecule has 0 rings (SSSR count). The highest BCUT2D eigenvalue weighted by molar-refractivity contribution is 6.97. The Bertz CT molecular complexity index is 154. The second-order valence-corrected chi connectivity index (χ2v) is 16.4. The molecule has 0 heterocycles. The second-order valence-electron chi connectivity index (χ2n) is 5.26. The lowest BCUT2D eigenvalue weighted by Crippen LogP contribution is -2.51. The zero-order valence-corrected chi connectivity index (χ0v) is 10.5. The molecule has 1 nitrogen and oxygen atoms in total. The van der Waals surface area contributed by atoms with Gasteiger partial charge in [-0.15, -0.1) is 0 Å². The Morgan fingerprint density at radius 2 is 1.18 bits per heavy atom. The van der Waals surface area contributed by atoms with Gasteiger partial charge in [0.1, 0.15) is 16.1 Å². The smallest absolute Gasteiger partial charge is 0.183 e. The molecular weight excluding hydrogens is 166 g/mol. The summed E-state index contributed by atoms with van der Waals surface area (Å²) in [6, 6.07) is 0. The van der Waals surface area contributed by atoms with Crippen LogP contribution in [-0.4, -0.2) is 21.4 Å². The van der Waals surface area contributed by atoms with Crippen molar-refractivity contribution in [3.8, 4) is 0 Å². The number of nitrogens with zero attached hydrogens (tertiary/aromatic N) is 1. The lowest BCUT2D eigenvalue weighted by atomic mass is 11.4. The van der Waals surface area contributed by atoms with Crippen LogP contribution < -0.4 is 0 Å². The summed E-state index contributed by atoms with van der Waals surface area (Å²) in [4.78, 5) is 3.80. The normalized spacial score (nSPS) is 13.3. The lowest BCUT2D eigenvalue weighted by molar-refractivity contribution is 1.32. The Morgan fingerprint density at radius 1 is 0.909 bits per heavy atom. The molecule has 0 aromatic heterocycles. The minimum absolute atomic E-state index is 0.384. The van der Waals surface area contributed by atoms with Crippen molar-refractivity contribution in [2.24, 2.45) is 0 Å². The zero-order chi connectivity index (χ0) is 9.28. The fraction of sp³-hybridized carbons (Fsp3) is 0.875. The van der Waals surface area contributed by atoms with Crippen LogP contribution in [0.3, 0.4) is 0 Å². The third kappa shape index (κ3) is 3.21. The molecule has 0 amide bonds. The van der Waals surface area contributed by atoms with Gasteiger partial charge >= 0.3 is 0 Å². The minimum Gasteiger partial charge on any atom is -0.324 e. The van der Waals surface area contributed by atoms with Crippen molar-refractivity contribution < 1.29 is 0 Å². The van der Waals surface area contributed by atoms with Gasteiger partial charge in [0.2, 0.25) is 0 Å². The fourth-order valence-corrected chi connectivity index (χ4v) is 12.9. The van der Waals surface area contributed by atoms with Crippen LogP contribution in [0.2, 0.25) is 39.3 Å². The molecular formula is C8H19NSi2. The third-order valence-electron chi connectivity index (χ3n) is 1.77. The Kier molecular flexibility index (Phi) is 3.10. The van der Waals surface area contributed by atoms with Gasteiger partial charge in [-0.05, 0) is 0 Å².